The fraction of sp³-hybridized carbons (Fsp3) is 0.444. The van der Waals surface area contributed by atoms with E-state index in [9.17, 15) is 5.11 Å². The van der Waals surface area contributed by atoms with Crippen molar-refractivity contribution in [1.29, 1.82) is 0 Å². The predicted molar refractivity (Wildman–Crippen MR) is 55.5 cm³/mol. The summed E-state index contributed by atoms with van der Waals surface area (Å²) in [4.78, 5) is 6.19. The molecule has 0 amide bonds. The Hall–Kier alpha value is -0.610. The maximum absolute atomic E-state index is 9.73. The van der Waals surface area contributed by atoms with Gasteiger partial charge in [0.05, 0.1) is 6.54 Å². The molecule has 0 saturated heterocycles. The van der Waals surface area contributed by atoms with Crippen LogP contribution < -0.4 is 0 Å². The first-order valence-corrected chi connectivity index (χ1v) is 4.93. The highest BCUT2D eigenvalue weighted by molar-refractivity contribution is 9.11. The van der Waals surface area contributed by atoms with Gasteiger partial charge in [0, 0.05) is 10.2 Å². The lowest BCUT2D eigenvalue weighted by Gasteiger charge is -2.24. The molecule has 0 aliphatic carbocycles. The average molecular weight is 243 g/mol. The lowest BCUT2D eigenvalue weighted by molar-refractivity contribution is 0.0692. The molecule has 2 heterocycles. The predicted octanol–water partition coefficient (Wildman–Crippen LogP) is 1.61. The van der Waals surface area contributed by atoms with E-state index in [1.54, 1.807) is 6.92 Å². The van der Waals surface area contributed by atoms with Gasteiger partial charge in [0.15, 0.2) is 5.72 Å². The van der Waals surface area contributed by atoms with Crippen molar-refractivity contribution in [1.82, 2.24) is 4.90 Å². The van der Waals surface area contributed by atoms with Crippen LogP contribution in [-0.2, 0) is 0 Å². The summed E-state index contributed by atoms with van der Waals surface area (Å²) in [5.41, 5.74) is 0.150. The van der Waals surface area contributed by atoms with Crippen molar-refractivity contribution >= 4 is 21.8 Å². The van der Waals surface area contributed by atoms with E-state index in [0.29, 0.717) is 6.54 Å². The molecule has 0 aromatic carbocycles. The second kappa shape index (κ2) is 2.69. The second-order valence-corrected chi connectivity index (χ2v) is 4.39. The molecular weight excluding hydrogens is 232 g/mol. The topological polar surface area (TPSA) is 35.8 Å². The molecule has 0 bridgehead atoms. The van der Waals surface area contributed by atoms with Crippen molar-refractivity contribution in [3.63, 3.8) is 0 Å². The SMILES string of the molecule is CC1=C(Br)C=CC2=NC(C)(O)CN21. The molecule has 2 aliphatic heterocycles. The number of halogens is 1. The van der Waals surface area contributed by atoms with Gasteiger partial charge < -0.3 is 10.0 Å². The van der Waals surface area contributed by atoms with Crippen LogP contribution in [0.2, 0.25) is 0 Å². The molecular formula is C9H11BrN2O. The third-order valence-corrected chi connectivity index (χ3v) is 3.06. The number of nitrogens with zero attached hydrogens (tertiary/aromatic N) is 2. The van der Waals surface area contributed by atoms with Crippen LogP contribution in [0.3, 0.4) is 0 Å². The zero-order chi connectivity index (χ0) is 9.64. The number of rotatable bonds is 0. The fourth-order valence-electron chi connectivity index (χ4n) is 1.54. The number of aliphatic imine (C=N–C) groups is 1. The lowest BCUT2D eigenvalue weighted by Crippen LogP contribution is -2.33. The standard InChI is InChI=1S/C9H11BrN2O/c1-6-7(10)3-4-8-11-9(2,13)5-12(6)8/h3-4,13H,5H2,1-2H3. The Morgan fingerprint density at radius 3 is 3.00 bits per heavy atom. The minimum atomic E-state index is -0.946. The molecule has 70 valence electrons. The summed E-state index contributed by atoms with van der Waals surface area (Å²) in [5, 5.41) is 9.73. The normalized spacial score (nSPS) is 32.3. The molecule has 4 heteroatoms. The first-order valence-electron chi connectivity index (χ1n) is 4.14. The molecule has 1 atom stereocenters. The number of aliphatic hydroxyl groups is 1. The number of hydrogen-bond donors (Lipinski definition) is 1. The molecule has 3 nitrogen and oxygen atoms in total. The smallest absolute Gasteiger partial charge is 0.173 e. The summed E-state index contributed by atoms with van der Waals surface area (Å²) in [6.07, 6.45) is 3.85. The number of allylic oxidation sites excluding steroid dienone is 3. The van der Waals surface area contributed by atoms with E-state index in [0.717, 1.165) is 16.0 Å². The van der Waals surface area contributed by atoms with Crippen LogP contribution in [0.1, 0.15) is 13.8 Å². The molecule has 2 aliphatic rings. The van der Waals surface area contributed by atoms with Gasteiger partial charge >= 0.3 is 0 Å². The van der Waals surface area contributed by atoms with Crippen LogP contribution in [0.15, 0.2) is 27.3 Å². The Morgan fingerprint density at radius 2 is 2.31 bits per heavy atom. The first kappa shape index (κ1) is 8.97. The van der Waals surface area contributed by atoms with E-state index >= 15 is 0 Å². The van der Waals surface area contributed by atoms with Crippen molar-refractivity contribution in [3.05, 3.63) is 22.3 Å². The van der Waals surface area contributed by atoms with Crippen molar-refractivity contribution in [3.8, 4) is 0 Å². The monoisotopic (exact) mass is 242 g/mol. The van der Waals surface area contributed by atoms with Crippen LogP contribution >= 0.6 is 15.9 Å². The molecule has 0 saturated carbocycles. The third-order valence-electron chi connectivity index (χ3n) is 2.22. The third kappa shape index (κ3) is 1.44. The largest absolute Gasteiger partial charge is 0.368 e. The summed E-state index contributed by atoms with van der Waals surface area (Å²) in [7, 11) is 0. The Kier molecular flexibility index (Phi) is 1.85. The van der Waals surface area contributed by atoms with Gasteiger partial charge in [0.2, 0.25) is 0 Å². The molecule has 0 aromatic rings. The Bertz CT molecular complexity index is 342. The van der Waals surface area contributed by atoms with Crippen LogP contribution in [0.5, 0.6) is 0 Å². The van der Waals surface area contributed by atoms with Gasteiger partial charge in [-0.2, -0.15) is 0 Å². The fourth-order valence-corrected chi connectivity index (χ4v) is 1.88. The molecule has 13 heavy (non-hydrogen) atoms. The Morgan fingerprint density at radius 1 is 1.62 bits per heavy atom. The Labute approximate surface area is 85.6 Å². The van der Waals surface area contributed by atoms with Gasteiger partial charge in [-0.25, -0.2) is 4.99 Å². The highest BCUT2D eigenvalue weighted by atomic mass is 79.9. The minimum absolute atomic E-state index is 0.535. The zero-order valence-corrected chi connectivity index (χ0v) is 9.17. The maximum Gasteiger partial charge on any atom is 0.173 e. The summed E-state index contributed by atoms with van der Waals surface area (Å²) in [6, 6.07) is 0. The Balaban J connectivity index is 2.40. The van der Waals surface area contributed by atoms with E-state index in [2.05, 4.69) is 20.9 Å². The molecule has 1 N–H and O–H groups in total. The number of amidine groups is 1. The van der Waals surface area contributed by atoms with Gasteiger partial charge in [-0.3, -0.25) is 0 Å². The molecule has 0 spiro atoms. The summed E-state index contributed by atoms with van der Waals surface area (Å²) in [6.45, 7) is 4.26. The van der Waals surface area contributed by atoms with Gasteiger partial charge in [0.1, 0.15) is 5.84 Å². The van der Waals surface area contributed by atoms with Crippen molar-refractivity contribution in [2.45, 2.75) is 19.6 Å². The summed E-state index contributed by atoms with van der Waals surface area (Å²) < 4.78 is 1.05. The quantitative estimate of drug-likeness (QED) is 0.701. The van der Waals surface area contributed by atoms with Gasteiger partial charge in [-0.1, -0.05) is 0 Å². The van der Waals surface area contributed by atoms with E-state index in [-0.39, 0.29) is 0 Å². The lowest BCUT2D eigenvalue weighted by atomic mass is 10.2. The second-order valence-electron chi connectivity index (χ2n) is 3.54. The van der Waals surface area contributed by atoms with E-state index in [4.69, 9.17) is 0 Å². The number of hydrogen-bond acceptors (Lipinski definition) is 3. The van der Waals surface area contributed by atoms with E-state index in [1.807, 2.05) is 24.0 Å². The van der Waals surface area contributed by atoms with Crippen molar-refractivity contribution in [2.24, 2.45) is 4.99 Å². The first-order chi connectivity index (χ1) is 5.99. The van der Waals surface area contributed by atoms with Gasteiger partial charge in [-0.05, 0) is 41.9 Å². The van der Waals surface area contributed by atoms with Gasteiger partial charge in [0.25, 0.3) is 0 Å². The minimum Gasteiger partial charge on any atom is -0.368 e. The maximum atomic E-state index is 9.73. The summed E-state index contributed by atoms with van der Waals surface area (Å²) >= 11 is 3.44. The molecule has 0 fully saturated rings. The molecule has 0 aromatic heterocycles. The van der Waals surface area contributed by atoms with Crippen LogP contribution in [-0.4, -0.2) is 28.1 Å². The van der Waals surface area contributed by atoms with Crippen LogP contribution in [0.4, 0.5) is 0 Å². The van der Waals surface area contributed by atoms with E-state index in [1.165, 1.54) is 0 Å². The average Bonchev–Trinajstić information content (AvgIpc) is 2.34. The van der Waals surface area contributed by atoms with E-state index < -0.39 is 5.72 Å². The molecule has 2 rings (SSSR count). The van der Waals surface area contributed by atoms with Crippen LogP contribution in [0.25, 0.3) is 0 Å². The summed E-state index contributed by atoms with van der Waals surface area (Å²) in [5.74, 6) is 0.839. The van der Waals surface area contributed by atoms with Crippen LogP contribution in [0, 0.1) is 0 Å². The molecule has 0 radical (unpaired) electrons. The highest BCUT2D eigenvalue weighted by Crippen LogP contribution is 2.29. The highest BCUT2D eigenvalue weighted by Gasteiger charge is 2.34. The van der Waals surface area contributed by atoms with Gasteiger partial charge in [-0.15, -0.1) is 0 Å². The van der Waals surface area contributed by atoms with Crippen molar-refractivity contribution < 1.29 is 5.11 Å². The molecule has 1 unspecified atom stereocenters. The van der Waals surface area contributed by atoms with Crippen molar-refractivity contribution in [2.75, 3.05) is 6.54 Å². The zero-order valence-electron chi connectivity index (χ0n) is 7.58. The number of fused-ring (bicyclic) bond motifs is 1.